The molecule has 1 atom stereocenters. The van der Waals surface area contributed by atoms with E-state index in [1.54, 1.807) is 6.92 Å². The van der Waals surface area contributed by atoms with E-state index in [0.717, 1.165) is 11.3 Å². The van der Waals surface area contributed by atoms with Crippen molar-refractivity contribution in [3.63, 3.8) is 0 Å². The predicted octanol–water partition coefficient (Wildman–Crippen LogP) is 0.424. The van der Waals surface area contributed by atoms with Gasteiger partial charge in [0.05, 0.1) is 13.0 Å². The Labute approximate surface area is 109 Å². The largest absolute Gasteiger partial charge is 0.481 e. The van der Waals surface area contributed by atoms with Crippen molar-refractivity contribution in [1.82, 2.24) is 4.72 Å². The fourth-order valence-corrected chi connectivity index (χ4v) is 3.95. The third-order valence-electron chi connectivity index (χ3n) is 2.26. The second-order valence-electron chi connectivity index (χ2n) is 3.70. The van der Waals surface area contributed by atoms with Gasteiger partial charge in [-0.05, 0) is 18.6 Å². The van der Waals surface area contributed by atoms with E-state index >= 15 is 0 Å². The first-order valence-corrected chi connectivity index (χ1v) is 7.62. The number of carboxylic acid groups (broad SMARTS) is 1. The molecule has 6 nitrogen and oxygen atoms in total. The van der Waals surface area contributed by atoms with Gasteiger partial charge in [0.25, 0.3) is 0 Å². The molecule has 0 saturated carbocycles. The first-order chi connectivity index (χ1) is 8.39. The number of nitrogens with one attached hydrogen (secondary N) is 1. The van der Waals surface area contributed by atoms with Crippen LogP contribution in [0.2, 0.25) is 0 Å². The molecule has 0 aliphatic heterocycles. The van der Waals surface area contributed by atoms with Gasteiger partial charge in [0, 0.05) is 10.9 Å². The summed E-state index contributed by atoms with van der Waals surface area (Å²) in [5.41, 5.74) is 0. The summed E-state index contributed by atoms with van der Waals surface area (Å²) in [6, 6.07) is 2.32. The van der Waals surface area contributed by atoms with Crippen LogP contribution in [0.25, 0.3) is 0 Å². The van der Waals surface area contributed by atoms with Crippen molar-refractivity contribution in [2.45, 2.75) is 30.0 Å². The van der Waals surface area contributed by atoms with Crippen molar-refractivity contribution in [1.29, 1.82) is 0 Å². The Morgan fingerprint density at radius 1 is 1.50 bits per heavy atom. The number of hydrogen-bond donors (Lipinski definition) is 3. The summed E-state index contributed by atoms with van der Waals surface area (Å²) in [7, 11) is -3.68. The highest BCUT2D eigenvalue weighted by Crippen LogP contribution is 2.22. The lowest BCUT2D eigenvalue weighted by Crippen LogP contribution is -2.36. The van der Waals surface area contributed by atoms with Gasteiger partial charge >= 0.3 is 5.97 Å². The molecule has 0 aromatic carbocycles. The molecule has 0 unspecified atom stereocenters. The van der Waals surface area contributed by atoms with Gasteiger partial charge in [-0.2, -0.15) is 0 Å². The van der Waals surface area contributed by atoms with E-state index in [2.05, 4.69) is 4.72 Å². The van der Waals surface area contributed by atoms with E-state index in [1.807, 2.05) is 0 Å². The molecule has 102 valence electrons. The molecule has 18 heavy (non-hydrogen) atoms. The molecule has 0 radical (unpaired) electrons. The van der Waals surface area contributed by atoms with Gasteiger partial charge in [-0.3, -0.25) is 4.79 Å². The van der Waals surface area contributed by atoms with Crippen LogP contribution in [0.4, 0.5) is 0 Å². The molecular weight excluding hydrogens is 278 g/mol. The highest BCUT2D eigenvalue weighted by molar-refractivity contribution is 7.91. The summed E-state index contributed by atoms with van der Waals surface area (Å²) in [4.78, 5) is 11.0. The Morgan fingerprint density at radius 2 is 2.17 bits per heavy atom. The van der Waals surface area contributed by atoms with Gasteiger partial charge < -0.3 is 10.2 Å². The molecule has 3 N–H and O–H groups in total. The molecular formula is C10H15NO5S2. The van der Waals surface area contributed by atoms with Crippen LogP contribution in [0.15, 0.2) is 16.3 Å². The van der Waals surface area contributed by atoms with E-state index in [1.165, 1.54) is 12.1 Å². The smallest absolute Gasteiger partial charge is 0.308 e. The maximum absolute atomic E-state index is 11.9. The highest BCUT2D eigenvalue weighted by atomic mass is 32.2. The minimum Gasteiger partial charge on any atom is -0.481 e. The number of carboxylic acids is 1. The van der Waals surface area contributed by atoms with Gasteiger partial charge in [0.1, 0.15) is 4.21 Å². The monoisotopic (exact) mass is 293 g/mol. The van der Waals surface area contributed by atoms with E-state index in [9.17, 15) is 13.2 Å². The van der Waals surface area contributed by atoms with E-state index < -0.39 is 22.0 Å². The van der Waals surface area contributed by atoms with Crippen LogP contribution in [0.1, 0.15) is 18.2 Å². The third-order valence-corrected chi connectivity index (χ3v) is 5.36. The molecule has 0 bridgehead atoms. The van der Waals surface area contributed by atoms with E-state index in [-0.39, 0.29) is 17.2 Å². The first kappa shape index (κ1) is 15.1. The van der Waals surface area contributed by atoms with Crippen LogP contribution in [0.3, 0.4) is 0 Å². The van der Waals surface area contributed by atoms with Gasteiger partial charge in [-0.1, -0.05) is 6.92 Å². The van der Waals surface area contributed by atoms with Crippen LogP contribution in [-0.2, 0) is 21.2 Å². The average molecular weight is 293 g/mol. The van der Waals surface area contributed by atoms with Crippen LogP contribution >= 0.6 is 11.3 Å². The van der Waals surface area contributed by atoms with Crippen molar-refractivity contribution >= 4 is 27.3 Å². The molecule has 0 amide bonds. The number of hydrogen-bond acceptors (Lipinski definition) is 5. The molecule has 0 spiro atoms. The molecule has 1 rings (SSSR count). The number of aliphatic carboxylic acids is 1. The van der Waals surface area contributed by atoms with Crippen LogP contribution in [0, 0.1) is 0 Å². The first-order valence-electron chi connectivity index (χ1n) is 5.32. The Morgan fingerprint density at radius 3 is 2.67 bits per heavy atom. The molecule has 0 aliphatic carbocycles. The molecule has 0 saturated heterocycles. The molecule has 0 aliphatic rings. The van der Waals surface area contributed by atoms with Gasteiger partial charge in [0.2, 0.25) is 10.0 Å². The Hall–Kier alpha value is -0.960. The lowest BCUT2D eigenvalue weighted by Gasteiger charge is -2.12. The number of carbonyl (C=O) groups is 1. The van der Waals surface area contributed by atoms with Gasteiger partial charge in [-0.15, -0.1) is 11.3 Å². The highest BCUT2D eigenvalue weighted by Gasteiger charge is 2.20. The summed E-state index contributed by atoms with van der Waals surface area (Å²) < 4.78 is 26.2. The zero-order chi connectivity index (χ0) is 13.8. The zero-order valence-electron chi connectivity index (χ0n) is 9.79. The summed E-state index contributed by atoms with van der Waals surface area (Å²) in [5.74, 6) is -1.00. The lowest BCUT2D eigenvalue weighted by atomic mass is 10.3. The molecule has 1 heterocycles. The normalized spacial score (nSPS) is 13.4. The van der Waals surface area contributed by atoms with Crippen molar-refractivity contribution in [3.05, 3.63) is 17.0 Å². The molecule has 8 heteroatoms. The summed E-state index contributed by atoms with van der Waals surface area (Å²) in [6.45, 7) is 1.48. The quantitative estimate of drug-likeness (QED) is 0.676. The van der Waals surface area contributed by atoms with Crippen LogP contribution in [0.5, 0.6) is 0 Å². The second-order valence-corrected chi connectivity index (χ2v) is 6.81. The van der Waals surface area contributed by atoms with E-state index in [4.69, 9.17) is 10.2 Å². The van der Waals surface area contributed by atoms with Crippen LogP contribution < -0.4 is 4.72 Å². The number of thiophene rings is 1. The number of sulfonamides is 1. The topological polar surface area (TPSA) is 104 Å². The van der Waals surface area contributed by atoms with Crippen molar-refractivity contribution in [2.24, 2.45) is 0 Å². The number of aliphatic hydroxyl groups excluding tert-OH is 1. The SMILES string of the molecule is CC[C@@H](CO)NS(=O)(=O)c1ccc(CC(=O)O)s1. The third kappa shape index (κ3) is 4.05. The molecule has 0 fully saturated rings. The summed E-state index contributed by atoms with van der Waals surface area (Å²) in [5, 5.41) is 17.6. The Kier molecular flexibility index (Phi) is 5.27. The van der Waals surface area contributed by atoms with Crippen molar-refractivity contribution in [2.75, 3.05) is 6.61 Å². The molecule has 1 aromatic rings. The van der Waals surface area contributed by atoms with Crippen molar-refractivity contribution < 1.29 is 23.4 Å². The lowest BCUT2D eigenvalue weighted by molar-refractivity contribution is -0.136. The average Bonchev–Trinajstić information content (AvgIpc) is 2.74. The maximum Gasteiger partial charge on any atom is 0.308 e. The predicted molar refractivity (Wildman–Crippen MR) is 67.1 cm³/mol. The Bertz CT molecular complexity index is 504. The standard InChI is InChI=1S/C10H15NO5S2/c1-2-7(6-12)11-18(15,16)10-4-3-8(17-10)5-9(13)14/h3-4,7,11-12H,2,5-6H2,1H3,(H,13,14)/t7-/m0/s1. The van der Waals surface area contributed by atoms with E-state index in [0.29, 0.717) is 11.3 Å². The minimum absolute atomic E-state index is 0.0608. The number of aliphatic hydroxyl groups is 1. The van der Waals surface area contributed by atoms with Crippen molar-refractivity contribution in [3.8, 4) is 0 Å². The van der Waals surface area contributed by atoms with Gasteiger partial charge in [-0.25, -0.2) is 13.1 Å². The fourth-order valence-electron chi connectivity index (χ4n) is 1.27. The molecule has 1 aromatic heterocycles. The second kappa shape index (κ2) is 6.28. The maximum atomic E-state index is 11.9. The number of rotatable bonds is 7. The minimum atomic E-state index is -3.68. The Balaban J connectivity index is 2.85. The summed E-state index contributed by atoms with van der Waals surface area (Å²) >= 11 is 0.918. The van der Waals surface area contributed by atoms with Crippen LogP contribution in [-0.4, -0.2) is 37.2 Å². The fraction of sp³-hybridized carbons (Fsp3) is 0.500. The zero-order valence-corrected chi connectivity index (χ0v) is 11.4. The summed E-state index contributed by atoms with van der Waals surface area (Å²) in [6.07, 6.45) is 0.278. The van der Waals surface area contributed by atoms with Gasteiger partial charge in [0.15, 0.2) is 0 Å².